The largest absolute Gasteiger partial charge is 0.317 e. The molecule has 1 heterocycles. The van der Waals surface area contributed by atoms with Crippen LogP contribution in [0, 0.1) is 5.92 Å². The molecule has 0 spiro atoms. The van der Waals surface area contributed by atoms with E-state index in [9.17, 15) is 8.42 Å². The SMILES string of the molecule is CNC(C)C1CCN(S(=O)(=O)NC(C)C)CC1. The highest BCUT2D eigenvalue weighted by molar-refractivity contribution is 7.87. The number of nitrogens with zero attached hydrogens (tertiary/aromatic N) is 1. The van der Waals surface area contributed by atoms with Crippen LogP contribution in [0.2, 0.25) is 0 Å². The molecule has 6 heteroatoms. The molecule has 0 bridgehead atoms. The summed E-state index contributed by atoms with van der Waals surface area (Å²) in [6.45, 7) is 7.08. The Balaban J connectivity index is 2.52. The normalized spacial score (nSPS) is 21.9. The molecule has 0 aliphatic carbocycles. The van der Waals surface area contributed by atoms with Crippen LogP contribution in [0.25, 0.3) is 0 Å². The predicted molar refractivity (Wildman–Crippen MR) is 70.0 cm³/mol. The van der Waals surface area contributed by atoms with E-state index >= 15 is 0 Å². The van der Waals surface area contributed by atoms with Gasteiger partial charge in [0.2, 0.25) is 0 Å². The maximum atomic E-state index is 11.9. The number of piperidine rings is 1. The van der Waals surface area contributed by atoms with Crippen LogP contribution in [0.3, 0.4) is 0 Å². The van der Waals surface area contributed by atoms with Crippen LogP contribution < -0.4 is 10.0 Å². The van der Waals surface area contributed by atoms with Gasteiger partial charge in [-0.15, -0.1) is 0 Å². The highest BCUT2D eigenvalue weighted by atomic mass is 32.2. The van der Waals surface area contributed by atoms with Gasteiger partial charge in [0.15, 0.2) is 0 Å². The second-order valence-electron chi connectivity index (χ2n) is 5.09. The summed E-state index contributed by atoms with van der Waals surface area (Å²) in [4.78, 5) is 0. The summed E-state index contributed by atoms with van der Waals surface area (Å²) in [6.07, 6.45) is 1.86. The lowest BCUT2D eigenvalue weighted by molar-refractivity contribution is 0.234. The van der Waals surface area contributed by atoms with E-state index in [-0.39, 0.29) is 6.04 Å². The molecule has 1 aliphatic rings. The van der Waals surface area contributed by atoms with Crippen LogP contribution in [-0.4, -0.2) is 44.9 Å². The lowest BCUT2D eigenvalue weighted by Gasteiger charge is -2.34. The molecule has 1 unspecified atom stereocenters. The topological polar surface area (TPSA) is 61.4 Å². The molecule has 1 aliphatic heterocycles. The van der Waals surface area contributed by atoms with Crippen molar-refractivity contribution in [1.82, 2.24) is 14.3 Å². The maximum absolute atomic E-state index is 11.9. The van der Waals surface area contributed by atoms with Gasteiger partial charge in [-0.2, -0.15) is 17.4 Å². The molecule has 5 nitrogen and oxygen atoms in total. The molecular weight excluding hydrogens is 238 g/mol. The summed E-state index contributed by atoms with van der Waals surface area (Å²) < 4.78 is 28.1. The second-order valence-corrected chi connectivity index (χ2v) is 6.79. The van der Waals surface area contributed by atoms with E-state index in [1.807, 2.05) is 20.9 Å². The van der Waals surface area contributed by atoms with Crippen molar-refractivity contribution in [2.75, 3.05) is 20.1 Å². The quantitative estimate of drug-likeness (QED) is 0.761. The van der Waals surface area contributed by atoms with Crippen LogP contribution in [0.5, 0.6) is 0 Å². The van der Waals surface area contributed by atoms with E-state index in [0.717, 1.165) is 12.8 Å². The molecule has 0 aromatic rings. The number of hydrogen-bond acceptors (Lipinski definition) is 3. The van der Waals surface area contributed by atoms with Crippen molar-refractivity contribution in [3.63, 3.8) is 0 Å². The molecule has 0 aromatic carbocycles. The Bertz CT molecular complexity index is 322. The minimum Gasteiger partial charge on any atom is -0.317 e. The average molecular weight is 263 g/mol. The fourth-order valence-electron chi connectivity index (χ4n) is 2.22. The minimum absolute atomic E-state index is 0.0473. The van der Waals surface area contributed by atoms with Gasteiger partial charge < -0.3 is 5.32 Å². The van der Waals surface area contributed by atoms with Crippen LogP contribution in [0.4, 0.5) is 0 Å². The molecule has 102 valence electrons. The third kappa shape index (κ3) is 4.21. The van der Waals surface area contributed by atoms with E-state index < -0.39 is 10.2 Å². The third-order valence-electron chi connectivity index (χ3n) is 3.39. The van der Waals surface area contributed by atoms with Crippen LogP contribution >= 0.6 is 0 Å². The zero-order valence-electron chi connectivity index (χ0n) is 11.2. The smallest absolute Gasteiger partial charge is 0.279 e. The van der Waals surface area contributed by atoms with E-state index in [1.54, 1.807) is 4.31 Å². The lowest BCUT2D eigenvalue weighted by atomic mass is 9.91. The summed E-state index contributed by atoms with van der Waals surface area (Å²) >= 11 is 0. The zero-order chi connectivity index (χ0) is 13.1. The molecule has 1 atom stereocenters. The summed E-state index contributed by atoms with van der Waals surface area (Å²) in [5.74, 6) is 0.575. The summed E-state index contributed by atoms with van der Waals surface area (Å²) in [6, 6.07) is 0.409. The summed E-state index contributed by atoms with van der Waals surface area (Å²) in [7, 11) is -1.32. The van der Waals surface area contributed by atoms with Gasteiger partial charge in [0, 0.05) is 25.2 Å². The Morgan fingerprint density at radius 3 is 2.12 bits per heavy atom. The fraction of sp³-hybridized carbons (Fsp3) is 1.00. The Hall–Kier alpha value is -0.170. The standard InChI is InChI=1S/C11H25N3O2S/c1-9(2)13-17(15,16)14-7-5-11(6-8-14)10(3)12-4/h9-13H,5-8H2,1-4H3. The maximum Gasteiger partial charge on any atom is 0.279 e. The van der Waals surface area contributed by atoms with Gasteiger partial charge in [-0.1, -0.05) is 0 Å². The van der Waals surface area contributed by atoms with Crippen LogP contribution in [0.1, 0.15) is 33.6 Å². The highest BCUT2D eigenvalue weighted by Gasteiger charge is 2.29. The van der Waals surface area contributed by atoms with Crippen molar-refractivity contribution in [1.29, 1.82) is 0 Å². The summed E-state index contributed by atoms with van der Waals surface area (Å²) in [5.41, 5.74) is 0. The van der Waals surface area contributed by atoms with E-state index in [1.165, 1.54) is 0 Å². The average Bonchev–Trinajstić information content (AvgIpc) is 2.26. The molecule has 0 radical (unpaired) electrons. The van der Waals surface area contributed by atoms with Crippen molar-refractivity contribution in [3.05, 3.63) is 0 Å². The first-order valence-corrected chi connectivity index (χ1v) is 7.75. The van der Waals surface area contributed by atoms with Gasteiger partial charge in [-0.25, -0.2) is 0 Å². The van der Waals surface area contributed by atoms with Crippen molar-refractivity contribution >= 4 is 10.2 Å². The summed E-state index contributed by atoms with van der Waals surface area (Å²) in [5, 5.41) is 3.24. The van der Waals surface area contributed by atoms with Gasteiger partial charge in [-0.05, 0) is 46.6 Å². The molecule has 0 aromatic heterocycles. The molecule has 1 fully saturated rings. The van der Waals surface area contributed by atoms with Crippen molar-refractivity contribution < 1.29 is 8.42 Å². The zero-order valence-corrected chi connectivity index (χ0v) is 12.0. The van der Waals surface area contributed by atoms with Crippen LogP contribution in [0.15, 0.2) is 0 Å². The molecule has 0 saturated carbocycles. The monoisotopic (exact) mass is 263 g/mol. The molecular formula is C11H25N3O2S. The molecule has 17 heavy (non-hydrogen) atoms. The Kier molecular flexibility index (Phi) is 5.37. The Labute approximate surface area is 105 Å². The third-order valence-corrected chi connectivity index (χ3v) is 5.20. The van der Waals surface area contributed by atoms with Crippen molar-refractivity contribution in [2.24, 2.45) is 5.92 Å². The first-order valence-electron chi connectivity index (χ1n) is 6.31. The lowest BCUT2D eigenvalue weighted by Crippen LogP contribution is -2.48. The van der Waals surface area contributed by atoms with Crippen LogP contribution in [-0.2, 0) is 10.2 Å². The predicted octanol–water partition coefficient (Wildman–Crippen LogP) is 0.549. The number of nitrogens with one attached hydrogen (secondary N) is 2. The van der Waals surface area contributed by atoms with Gasteiger partial charge in [-0.3, -0.25) is 0 Å². The molecule has 2 N–H and O–H groups in total. The molecule has 0 amide bonds. The highest BCUT2D eigenvalue weighted by Crippen LogP contribution is 2.21. The Morgan fingerprint density at radius 1 is 1.18 bits per heavy atom. The first kappa shape index (κ1) is 14.9. The van der Waals surface area contributed by atoms with E-state index in [4.69, 9.17) is 0 Å². The van der Waals surface area contributed by atoms with Gasteiger partial charge >= 0.3 is 0 Å². The Morgan fingerprint density at radius 2 is 1.71 bits per heavy atom. The minimum atomic E-state index is -3.28. The van der Waals surface area contributed by atoms with Crippen molar-refractivity contribution in [3.8, 4) is 0 Å². The number of rotatable bonds is 5. The van der Waals surface area contributed by atoms with Crippen molar-refractivity contribution in [2.45, 2.75) is 45.7 Å². The molecule has 1 saturated heterocycles. The van der Waals surface area contributed by atoms with E-state index in [2.05, 4.69) is 17.0 Å². The van der Waals surface area contributed by atoms with Gasteiger partial charge in [0.1, 0.15) is 0 Å². The van der Waals surface area contributed by atoms with E-state index in [0.29, 0.717) is 25.0 Å². The fourth-order valence-corrected chi connectivity index (χ4v) is 3.66. The molecule has 1 rings (SSSR count). The second kappa shape index (κ2) is 6.13. The first-order chi connectivity index (χ1) is 7.86. The van der Waals surface area contributed by atoms with Gasteiger partial charge in [0.25, 0.3) is 10.2 Å². The number of hydrogen-bond donors (Lipinski definition) is 2. The van der Waals surface area contributed by atoms with Gasteiger partial charge in [0.05, 0.1) is 0 Å².